The number of hydrogen-bond acceptors (Lipinski definition) is 4. The van der Waals surface area contributed by atoms with Crippen LogP contribution in [0.5, 0.6) is 5.75 Å². The zero-order valence-electron chi connectivity index (χ0n) is 17.0. The Morgan fingerprint density at radius 3 is 2.19 bits per heavy atom. The Morgan fingerprint density at radius 2 is 1.65 bits per heavy atom. The average molecular weight is 386 g/mol. The number of β-amino-alcohol motifs (C(OH)–C–C–N with tert-alkyl or cyclic N) is 1. The van der Waals surface area contributed by atoms with Crippen molar-refractivity contribution in [3.05, 3.63) is 29.8 Å². The summed E-state index contributed by atoms with van der Waals surface area (Å²) in [6.07, 6.45) is 0.647. The van der Waals surface area contributed by atoms with Gasteiger partial charge in [-0.25, -0.2) is 0 Å². The van der Waals surface area contributed by atoms with Gasteiger partial charge in [-0.1, -0.05) is 46.8 Å². The average Bonchev–Trinajstić information content (AvgIpc) is 2.52. The Labute approximate surface area is 165 Å². The van der Waals surface area contributed by atoms with Crippen molar-refractivity contribution in [2.24, 2.45) is 5.41 Å². The largest absolute Gasteiger partial charge is 0.491 e. The second-order valence-electron chi connectivity index (χ2n) is 9.02. The fourth-order valence-electron chi connectivity index (χ4n) is 3.76. The van der Waals surface area contributed by atoms with Crippen LogP contribution in [0.15, 0.2) is 24.3 Å². The van der Waals surface area contributed by atoms with Crippen molar-refractivity contribution >= 4 is 12.4 Å². The SMILES string of the molecule is CC(C)(C)CC(C)(C)c1ccc(OCC(O)CN2CCOCC2)cc1.Cl. The van der Waals surface area contributed by atoms with Crippen LogP contribution < -0.4 is 4.74 Å². The fourth-order valence-corrected chi connectivity index (χ4v) is 3.76. The lowest BCUT2D eigenvalue weighted by Gasteiger charge is -2.33. The van der Waals surface area contributed by atoms with E-state index in [1.165, 1.54) is 5.56 Å². The number of aliphatic hydroxyl groups is 1. The van der Waals surface area contributed by atoms with E-state index in [0.717, 1.165) is 38.5 Å². The summed E-state index contributed by atoms with van der Waals surface area (Å²) in [4.78, 5) is 2.22. The molecule has 1 fully saturated rings. The first-order chi connectivity index (χ1) is 11.7. The molecule has 0 amide bonds. The van der Waals surface area contributed by atoms with Crippen molar-refractivity contribution in [2.45, 2.75) is 52.6 Å². The van der Waals surface area contributed by atoms with Crippen molar-refractivity contribution < 1.29 is 14.6 Å². The summed E-state index contributed by atoms with van der Waals surface area (Å²) in [5.41, 5.74) is 1.75. The summed E-state index contributed by atoms with van der Waals surface area (Å²) in [6, 6.07) is 8.33. The molecule has 1 N–H and O–H groups in total. The predicted molar refractivity (Wildman–Crippen MR) is 110 cm³/mol. The van der Waals surface area contributed by atoms with E-state index in [9.17, 15) is 5.11 Å². The molecule has 1 saturated heterocycles. The highest BCUT2D eigenvalue weighted by Gasteiger charge is 2.27. The van der Waals surface area contributed by atoms with Crippen molar-refractivity contribution in [1.82, 2.24) is 4.90 Å². The quantitative estimate of drug-likeness (QED) is 0.773. The third-order valence-corrected chi connectivity index (χ3v) is 4.62. The van der Waals surface area contributed by atoms with Gasteiger partial charge in [-0.05, 0) is 34.9 Å². The minimum absolute atomic E-state index is 0. The molecule has 1 aromatic carbocycles. The van der Waals surface area contributed by atoms with Gasteiger partial charge >= 0.3 is 0 Å². The Balaban J connectivity index is 0.00000338. The van der Waals surface area contributed by atoms with Crippen LogP contribution >= 0.6 is 12.4 Å². The number of hydrogen-bond donors (Lipinski definition) is 1. The molecule has 26 heavy (non-hydrogen) atoms. The van der Waals surface area contributed by atoms with Gasteiger partial charge in [0.15, 0.2) is 0 Å². The van der Waals surface area contributed by atoms with Crippen molar-refractivity contribution in [1.29, 1.82) is 0 Å². The van der Waals surface area contributed by atoms with Gasteiger partial charge in [-0.2, -0.15) is 0 Å². The van der Waals surface area contributed by atoms with Crippen LogP contribution in [0.2, 0.25) is 0 Å². The highest BCUT2D eigenvalue weighted by Crippen LogP contribution is 2.36. The van der Waals surface area contributed by atoms with Gasteiger partial charge in [0, 0.05) is 19.6 Å². The molecule has 1 aliphatic heterocycles. The second-order valence-corrected chi connectivity index (χ2v) is 9.02. The van der Waals surface area contributed by atoms with Gasteiger partial charge < -0.3 is 14.6 Å². The molecule has 1 atom stereocenters. The molecule has 0 saturated carbocycles. The highest BCUT2D eigenvalue weighted by atomic mass is 35.5. The van der Waals surface area contributed by atoms with E-state index in [4.69, 9.17) is 9.47 Å². The number of ether oxygens (including phenoxy) is 2. The molecule has 0 aliphatic carbocycles. The van der Waals surface area contributed by atoms with Crippen molar-refractivity contribution in [2.75, 3.05) is 39.5 Å². The minimum Gasteiger partial charge on any atom is -0.491 e. The maximum absolute atomic E-state index is 10.2. The summed E-state index contributed by atoms with van der Waals surface area (Å²) >= 11 is 0. The monoisotopic (exact) mass is 385 g/mol. The third kappa shape index (κ3) is 7.83. The van der Waals surface area contributed by atoms with Crippen LogP contribution in [-0.4, -0.2) is 55.6 Å². The van der Waals surface area contributed by atoms with Crippen LogP contribution in [0.25, 0.3) is 0 Å². The van der Waals surface area contributed by atoms with Crippen LogP contribution in [0.3, 0.4) is 0 Å². The van der Waals surface area contributed by atoms with E-state index in [1.807, 2.05) is 12.1 Å². The molecule has 0 spiro atoms. The first-order valence-electron chi connectivity index (χ1n) is 9.37. The first kappa shape index (κ1) is 23.2. The van der Waals surface area contributed by atoms with Crippen LogP contribution in [0.1, 0.15) is 46.6 Å². The van der Waals surface area contributed by atoms with Gasteiger partial charge in [0.25, 0.3) is 0 Å². The maximum atomic E-state index is 10.2. The molecule has 0 bridgehead atoms. The van der Waals surface area contributed by atoms with E-state index in [-0.39, 0.29) is 17.8 Å². The molecule has 0 aromatic heterocycles. The Bertz CT molecular complexity index is 519. The highest BCUT2D eigenvalue weighted by molar-refractivity contribution is 5.85. The molecular formula is C21H36ClNO3. The smallest absolute Gasteiger partial charge is 0.119 e. The number of halogens is 1. The molecule has 0 radical (unpaired) electrons. The second kappa shape index (κ2) is 9.93. The van der Waals surface area contributed by atoms with Gasteiger partial charge in [0.2, 0.25) is 0 Å². The molecule has 1 unspecified atom stereocenters. The number of nitrogens with zero attached hydrogens (tertiary/aromatic N) is 1. The molecule has 2 rings (SSSR count). The summed E-state index contributed by atoms with van der Waals surface area (Å²) in [5.74, 6) is 0.816. The topological polar surface area (TPSA) is 41.9 Å². The number of aliphatic hydroxyl groups excluding tert-OH is 1. The fraction of sp³-hybridized carbons (Fsp3) is 0.714. The van der Waals surface area contributed by atoms with Gasteiger partial charge in [-0.3, -0.25) is 4.90 Å². The lowest BCUT2D eigenvalue weighted by molar-refractivity contribution is 0.00465. The summed E-state index contributed by atoms with van der Waals surface area (Å²) in [5, 5.41) is 10.2. The predicted octanol–water partition coefficient (Wildman–Crippen LogP) is 3.89. The standard InChI is InChI=1S/C21H35NO3.ClH/c1-20(2,3)16-21(4,5)17-6-8-19(9-7-17)25-15-18(23)14-22-10-12-24-13-11-22;/h6-9,18,23H,10-16H2,1-5H3;1H. The summed E-state index contributed by atoms with van der Waals surface area (Å²) in [7, 11) is 0. The molecule has 4 nitrogen and oxygen atoms in total. The van der Waals surface area contributed by atoms with Crippen LogP contribution in [0, 0.1) is 5.41 Å². The molecular weight excluding hydrogens is 350 g/mol. The van der Waals surface area contributed by atoms with E-state index >= 15 is 0 Å². The van der Waals surface area contributed by atoms with Crippen molar-refractivity contribution in [3.8, 4) is 5.75 Å². The lowest BCUT2D eigenvalue weighted by Crippen LogP contribution is -2.42. The molecule has 1 heterocycles. The molecule has 150 valence electrons. The zero-order chi connectivity index (χ0) is 18.5. The number of benzene rings is 1. The van der Waals surface area contributed by atoms with Crippen LogP contribution in [-0.2, 0) is 10.2 Å². The summed E-state index contributed by atoms with van der Waals surface area (Å²) < 4.78 is 11.1. The molecule has 5 heteroatoms. The molecule has 1 aliphatic rings. The van der Waals surface area contributed by atoms with Gasteiger partial charge in [0.05, 0.1) is 13.2 Å². The van der Waals surface area contributed by atoms with Crippen molar-refractivity contribution in [3.63, 3.8) is 0 Å². The van der Waals surface area contributed by atoms with Gasteiger partial charge in [0.1, 0.15) is 18.5 Å². The maximum Gasteiger partial charge on any atom is 0.119 e. The zero-order valence-corrected chi connectivity index (χ0v) is 17.8. The number of rotatable bonds is 7. The van der Waals surface area contributed by atoms with Gasteiger partial charge in [-0.15, -0.1) is 12.4 Å². The molecule has 1 aromatic rings. The minimum atomic E-state index is -0.477. The van der Waals surface area contributed by atoms with Crippen LogP contribution in [0.4, 0.5) is 0 Å². The Morgan fingerprint density at radius 1 is 1.08 bits per heavy atom. The summed E-state index contributed by atoms with van der Waals surface area (Å²) in [6.45, 7) is 15.6. The van der Waals surface area contributed by atoms with E-state index in [2.05, 4.69) is 51.7 Å². The Hall–Kier alpha value is -0.810. The Kier molecular flexibility index (Phi) is 8.87. The van der Waals surface area contributed by atoms with E-state index < -0.39 is 6.10 Å². The third-order valence-electron chi connectivity index (χ3n) is 4.62. The lowest BCUT2D eigenvalue weighted by atomic mass is 9.72. The first-order valence-corrected chi connectivity index (χ1v) is 9.37. The van der Waals surface area contributed by atoms with E-state index in [1.54, 1.807) is 0 Å². The van der Waals surface area contributed by atoms with E-state index in [0.29, 0.717) is 18.6 Å². The normalized spacial score (nSPS) is 17.5. The number of morpholine rings is 1.